The number of rotatable bonds is 7. The van der Waals surface area contributed by atoms with Crippen molar-refractivity contribution in [3.63, 3.8) is 0 Å². The van der Waals surface area contributed by atoms with Gasteiger partial charge in [-0.05, 0) is 88.5 Å². The average molecular weight is 718 g/mol. The third-order valence-corrected chi connectivity index (χ3v) is 10.6. The molecule has 0 aliphatic heterocycles. The van der Waals surface area contributed by atoms with Crippen LogP contribution in [0.4, 0.5) is 0 Å². The Hall–Kier alpha value is -7.56. The highest BCUT2D eigenvalue weighted by Crippen LogP contribution is 2.41. The molecule has 0 radical (unpaired) electrons. The van der Waals surface area contributed by atoms with Crippen molar-refractivity contribution >= 4 is 21.8 Å². The zero-order valence-corrected chi connectivity index (χ0v) is 30.4. The van der Waals surface area contributed by atoms with Gasteiger partial charge in [-0.25, -0.2) is 4.98 Å². The first-order valence-corrected chi connectivity index (χ1v) is 18.8. The second-order valence-corrected chi connectivity index (χ2v) is 14.0. The fourth-order valence-corrected chi connectivity index (χ4v) is 7.93. The summed E-state index contributed by atoms with van der Waals surface area (Å²) in [4.78, 5) is 10.2. The summed E-state index contributed by atoms with van der Waals surface area (Å²) in [6, 6.07) is 69.0. The second kappa shape index (κ2) is 14.0. The van der Waals surface area contributed by atoms with E-state index in [0.29, 0.717) is 11.3 Å². The molecule has 0 amide bonds. The first kappa shape index (κ1) is 33.0. The fourth-order valence-electron chi connectivity index (χ4n) is 7.93. The number of pyridine rings is 2. The zero-order chi connectivity index (χ0) is 37.4. The monoisotopic (exact) mass is 717 g/mol. The van der Waals surface area contributed by atoms with E-state index in [1.807, 2.05) is 48.7 Å². The Labute approximate surface area is 325 Å². The predicted octanol–water partition coefficient (Wildman–Crippen LogP) is 13.3. The van der Waals surface area contributed by atoms with E-state index in [1.165, 1.54) is 16.3 Å². The highest BCUT2D eigenvalue weighted by Gasteiger charge is 2.19. The topological polar surface area (TPSA) is 50.9 Å². The molecular formula is C52H35N3O. The molecule has 56 heavy (non-hydrogen) atoms. The molecule has 0 aliphatic carbocycles. The number of hydrogen-bond acceptors (Lipinski definition) is 3. The molecule has 4 nitrogen and oxygen atoms in total. The molecule has 0 saturated carbocycles. The minimum absolute atomic E-state index is 0.190. The third-order valence-electron chi connectivity index (χ3n) is 10.6. The molecule has 1 N–H and O–H groups in total. The first-order chi connectivity index (χ1) is 27.7. The molecule has 3 heterocycles. The Bertz CT molecular complexity index is 3030. The van der Waals surface area contributed by atoms with E-state index >= 15 is 0 Å². The summed E-state index contributed by atoms with van der Waals surface area (Å²) in [6.07, 6.45) is 1.91. The Morgan fingerprint density at radius 1 is 0.375 bits per heavy atom. The van der Waals surface area contributed by atoms with E-state index in [0.717, 1.165) is 67.1 Å². The van der Waals surface area contributed by atoms with Crippen LogP contribution in [0.2, 0.25) is 0 Å². The van der Waals surface area contributed by atoms with Crippen molar-refractivity contribution in [1.29, 1.82) is 0 Å². The lowest BCUT2D eigenvalue weighted by Crippen LogP contribution is -1.96. The molecule has 0 bridgehead atoms. The summed E-state index contributed by atoms with van der Waals surface area (Å²) in [7, 11) is 0. The second-order valence-electron chi connectivity index (χ2n) is 14.0. The Morgan fingerprint density at radius 3 is 1.79 bits per heavy atom. The number of nitrogens with zero attached hydrogens (tertiary/aromatic N) is 3. The minimum atomic E-state index is 0.190. The van der Waals surface area contributed by atoms with E-state index in [2.05, 4.69) is 156 Å². The Balaban J connectivity index is 1.17. The molecule has 7 aromatic carbocycles. The van der Waals surface area contributed by atoms with Gasteiger partial charge in [0.2, 0.25) is 0 Å². The molecule has 0 saturated heterocycles. The van der Waals surface area contributed by atoms with Crippen molar-refractivity contribution in [2.75, 3.05) is 0 Å². The van der Waals surface area contributed by atoms with Crippen LogP contribution in [-0.4, -0.2) is 19.6 Å². The molecule has 10 aromatic rings. The number of aromatic hydroxyl groups is 1. The van der Waals surface area contributed by atoms with Crippen LogP contribution >= 0.6 is 0 Å². The van der Waals surface area contributed by atoms with E-state index in [9.17, 15) is 5.11 Å². The molecule has 0 unspecified atom stereocenters. The normalized spacial score (nSPS) is 11.3. The summed E-state index contributed by atoms with van der Waals surface area (Å²) in [6.45, 7) is 0. The number of phenolic OH excluding ortho intramolecular Hbond substituents is 1. The summed E-state index contributed by atoms with van der Waals surface area (Å²) in [5.41, 5.74) is 14.9. The molecule has 4 heteroatoms. The van der Waals surface area contributed by atoms with Crippen molar-refractivity contribution in [3.05, 3.63) is 206 Å². The Kier molecular flexibility index (Phi) is 8.27. The van der Waals surface area contributed by atoms with Crippen molar-refractivity contribution in [1.82, 2.24) is 14.5 Å². The van der Waals surface area contributed by atoms with Crippen LogP contribution in [0, 0.1) is 0 Å². The van der Waals surface area contributed by atoms with E-state index in [-0.39, 0.29) is 5.75 Å². The van der Waals surface area contributed by atoms with Gasteiger partial charge in [0.25, 0.3) is 0 Å². The average Bonchev–Trinajstić information content (AvgIpc) is 3.62. The van der Waals surface area contributed by atoms with E-state index < -0.39 is 0 Å². The number of hydrogen-bond donors (Lipinski definition) is 1. The van der Waals surface area contributed by atoms with Crippen LogP contribution in [0.5, 0.6) is 5.75 Å². The molecule has 3 aromatic heterocycles. The zero-order valence-electron chi connectivity index (χ0n) is 30.4. The summed E-state index contributed by atoms with van der Waals surface area (Å²) >= 11 is 0. The van der Waals surface area contributed by atoms with Gasteiger partial charge in [0.05, 0.1) is 28.1 Å². The smallest absolute Gasteiger partial charge is 0.124 e. The maximum Gasteiger partial charge on any atom is 0.124 e. The molecule has 0 spiro atoms. The number of phenols is 1. The van der Waals surface area contributed by atoms with Gasteiger partial charge >= 0.3 is 0 Å². The maximum atomic E-state index is 11.0. The highest BCUT2D eigenvalue weighted by atomic mass is 16.3. The van der Waals surface area contributed by atoms with Gasteiger partial charge in [0.1, 0.15) is 5.75 Å². The lowest BCUT2D eigenvalue weighted by molar-refractivity contribution is 0.477. The lowest BCUT2D eigenvalue weighted by atomic mass is 9.92. The predicted molar refractivity (Wildman–Crippen MR) is 231 cm³/mol. The molecule has 264 valence electrons. The lowest BCUT2D eigenvalue weighted by Gasteiger charge is -2.16. The van der Waals surface area contributed by atoms with Crippen molar-refractivity contribution < 1.29 is 5.11 Å². The molecular weight excluding hydrogens is 683 g/mol. The third kappa shape index (κ3) is 5.90. The quantitative estimate of drug-likeness (QED) is 0.179. The summed E-state index contributed by atoms with van der Waals surface area (Å²) < 4.78 is 2.38. The first-order valence-electron chi connectivity index (χ1n) is 18.8. The summed E-state index contributed by atoms with van der Waals surface area (Å²) in [5.74, 6) is 0.190. The standard InChI is InChI=1S/C52H35N3O/c56-51-26-13-11-22-45(51)48-33-39(35-15-4-1-5-16-35)34-49(54-48)46-31-38(27-28-41(46)36-17-6-2-7-18-36)47-32-37(29-30-53-47)42-23-14-24-44-43-21-10-12-25-50(43)55(52(42)44)40-19-8-3-9-20-40/h1-34,56H. The van der Waals surface area contributed by atoms with Crippen molar-refractivity contribution in [2.24, 2.45) is 0 Å². The molecule has 0 fully saturated rings. The van der Waals surface area contributed by atoms with Crippen LogP contribution in [0.15, 0.2) is 206 Å². The van der Waals surface area contributed by atoms with Gasteiger partial charge in [-0.2, -0.15) is 0 Å². The van der Waals surface area contributed by atoms with Crippen LogP contribution in [0.3, 0.4) is 0 Å². The van der Waals surface area contributed by atoms with Crippen LogP contribution in [0.1, 0.15) is 0 Å². The number of para-hydroxylation sites is 4. The van der Waals surface area contributed by atoms with E-state index in [4.69, 9.17) is 9.97 Å². The largest absolute Gasteiger partial charge is 0.507 e. The van der Waals surface area contributed by atoms with Gasteiger partial charge < -0.3 is 9.67 Å². The highest BCUT2D eigenvalue weighted by molar-refractivity contribution is 6.13. The van der Waals surface area contributed by atoms with Crippen LogP contribution in [0.25, 0.3) is 94.6 Å². The van der Waals surface area contributed by atoms with Crippen molar-refractivity contribution in [3.8, 4) is 78.6 Å². The van der Waals surface area contributed by atoms with E-state index in [1.54, 1.807) is 6.07 Å². The molecule has 0 aliphatic rings. The maximum absolute atomic E-state index is 11.0. The number of aromatic nitrogens is 3. The van der Waals surface area contributed by atoms with Gasteiger partial charge in [0.15, 0.2) is 0 Å². The number of benzene rings is 7. The van der Waals surface area contributed by atoms with Gasteiger partial charge in [0, 0.05) is 44.9 Å². The SMILES string of the molecule is Oc1ccccc1-c1cc(-c2ccccc2)cc(-c2cc(-c3cc(-c4cccc5c6ccccc6n(-c6ccccc6)c45)ccn3)ccc2-c2ccccc2)n1. The Morgan fingerprint density at radius 2 is 1.00 bits per heavy atom. The van der Waals surface area contributed by atoms with Gasteiger partial charge in [-0.15, -0.1) is 0 Å². The molecule has 10 rings (SSSR count). The van der Waals surface area contributed by atoms with Crippen LogP contribution < -0.4 is 0 Å². The molecule has 0 atom stereocenters. The van der Waals surface area contributed by atoms with Crippen LogP contribution in [-0.2, 0) is 0 Å². The van der Waals surface area contributed by atoms with Crippen molar-refractivity contribution in [2.45, 2.75) is 0 Å². The van der Waals surface area contributed by atoms with Gasteiger partial charge in [-0.1, -0.05) is 140 Å². The van der Waals surface area contributed by atoms with Gasteiger partial charge in [-0.3, -0.25) is 4.98 Å². The minimum Gasteiger partial charge on any atom is -0.507 e. The summed E-state index contributed by atoms with van der Waals surface area (Å²) in [5, 5.41) is 13.4. The fraction of sp³-hybridized carbons (Fsp3) is 0. The number of fused-ring (bicyclic) bond motifs is 3.